The van der Waals surface area contributed by atoms with Crippen molar-refractivity contribution in [3.63, 3.8) is 0 Å². The van der Waals surface area contributed by atoms with E-state index in [-0.39, 0.29) is 5.91 Å². The molecular weight excluding hydrogens is 359 g/mol. The molecule has 25 heavy (non-hydrogen) atoms. The Morgan fingerprint density at radius 1 is 1.04 bits per heavy atom. The van der Waals surface area contributed by atoms with Crippen LogP contribution in [0.2, 0.25) is 10.0 Å². The van der Waals surface area contributed by atoms with Crippen molar-refractivity contribution in [2.45, 2.75) is 6.54 Å². The molecule has 2 N–H and O–H groups in total. The van der Waals surface area contributed by atoms with Crippen LogP contribution in [0.3, 0.4) is 0 Å². The van der Waals surface area contributed by atoms with Crippen molar-refractivity contribution in [1.82, 2.24) is 9.97 Å². The molecule has 1 amide bonds. The minimum absolute atomic E-state index is 0.273. The molecule has 0 spiro atoms. The van der Waals surface area contributed by atoms with Crippen LogP contribution >= 0.6 is 23.2 Å². The van der Waals surface area contributed by atoms with Gasteiger partial charge in [-0.15, -0.1) is 0 Å². The predicted octanol–water partition coefficient (Wildman–Crippen LogP) is 4.65. The zero-order valence-corrected chi connectivity index (χ0v) is 14.6. The lowest BCUT2D eigenvalue weighted by molar-refractivity contribution is 0.102. The highest BCUT2D eigenvalue weighted by molar-refractivity contribution is 6.35. The summed E-state index contributed by atoms with van der Waals surface area (Å²) < 4.78 is 0. The third-order valence-electron chi connectivity index (χ3n) is 3.34. The number of benzene rings is 1. The first kappa shape index (κ1) is 17.2. The Kier molecular flexibility index (Phi) is 5.48. The molecule has 2 heterocycles. The highest BCUT2D eigenvalue weighted by atomic mass is 35.5. The van der Waals surface area contributed by atoms with Crippen molar-refractivity contribution in [1.29, 1.82) is 0 Å². The van der Waals surface area contributed by atoms with Gasteiger partial charge in [0.2, 0.25) is 0 Å². The van der Waals surface area contributed by atoms with Crippen LogP contribution in [0.25, 0.3) is 0 Å². The fraction of sp³-hybridized carbons (Fsp3) is 0.0556. The molecule has 7 heteroatoms. The minimum Gasteiger partial charge on any atom is -0.366 e. The topological polar surface area (TPSA) is 66.9 Å². The maximum absolute atomic E-state index is 12.4. The molecule has 0 radical (unpaired) electrons. The number of carbonyl (C=O) groups is 1. The van der Waals surface area contributed by atoms with Crippen LogP contribution in [-0.2, 0) is 6.54 Å². The molecule has 0 bridgehead atoms. The number of rotatable bonds is 5. The van der Waals surface area contributed by atoms with Crippen molar-refractivity contribution in [3.8, 4) is 0 Å². The molecule has 1 aromatic carbocycles. The standard InChI is InChI=1S/C18H14Cl2N4O/c19-14-7-15(20)9-16(8-14)24-18(25)13-3-5-22-17(6-13)23-11-12-2-1-4-21-10-12/h1-10H,11H2,(H,22,23)(H,24,25). The largest absolute Gasteiger partial charge is 0.366 e. The lowest BCUT2D eigenvalue weighted by Crippen LogP contribution is -2.13. The van der Waals surface area contributed by atoms with Gasteiger partial charge in [0, 0.05) is 46.4 Å². The molecule has 0 fully saturated rings. The second-order valence-electron chi connectivity index (χ2n) is 5.26. The summed E-state index contributed by atoms with van der Waals surface area (Å²) in [7, 11) is 0. The van der Waals surface area contributed by atoms with Crippen LogP contribution in [0, 0.1) is 0 Å². The van der Waals surface area contributed by atoms with Gasteiger partial charge in [-0.2, -0.15) is 0 Å². The molecule has 2 aromatic heterocycles. The Labute approximate surface area is 155 Å². The van der Waals surface area contributed by atoms with Crippen molar-refractivity contribution in [2.24, 2.45) is 0 Å². The molecule has 0 atom stereocenters. The fourth-order valence-electron chi connectivity index (χ4n) is 2.19. The number of aromatic nitrogens is 2. The summed E-state index contributed by atoms with van der Waals surface area (Å²) in [6.45, 7) is 0.565. The van der Waals surface area contributed by atoms with E-state index < -0.39 is 0 Å². The maximum atomic E-state index is 12.4. The average molecular weight is 373 g/mol. The number of halogens is 2. The monoisotopic (exact) mass is 372 g/mol. The highest BCUT2D eigenvalue weighted by Crippen LogP contribution is 2.23. The van der Waals surface area contributed by atoms with Crippen molar-refractivity contribution in [2.75, 3.05) is 10.6 Å². The molecule has 5 nitrogen and oxygen atoms in total. The summed E-state index contributed by atoms with van der Waals surface area (Å²) in [6, 6.07) is 12.0. The zero-order chi connectivity index (χ0) is 17.6. The van der Waals surface area contributed by atoms with E-state index in [1.54, 1.807) is 48.9 Å². The van der Waals surface area contributed by atoms with E-state index in [4.69, 9.17) is 23.2 Å². The van der Waals surface area contributed by atoms with E-state index in [0.29, 0.717) is 33.7 Å². The van der Waals surface area contributed by atoms with Crippen molar-refractivity contribution in [3.05, 3.63) is 82.2 Å². The van der Waals surface area contributed by atoms with Gasteiger partial charge in [0.05, 0.1) is 0 Å². The Morgan fingerprint density at radius 3 is 2.56 bits per heavy atom. The number of nitrogens with zero attached hydrogens (tertiary/aromatic N) is 2. The van der Waals surface area contributed by atoms with Crippen LogP contribution in [0.15, 0.2) is 61.1 Å². The number of hydrogen-bond acceptors (Lipinski definition) is 4. The Balaban J connectivity index is 1.68. The lowest BCUT2D eigenvalue weighted by Gasteiger charge is -2.09. The SMILES string of the molecule is O=C(Nc1cc(Cl)cc(Cl)c1)c1ccnc(NCc2cccnc2)c1. The Bertz CT molecular complexity index is 867. The van der Waals surface area contributed by atoms with E-state index in [1.165, 1.54) is 0 Å². The maximum Gasteiger partial charge on any atom is 0.255 e. The molecule has 126 valence electrons. The number of nitrogens with one attached hydrogen (secondary N) is 2. The normalized spacial score (nSPS) is 10.3. The summed E-state index contributed by atoms with van der Waals surface area (Å²) in [5, 5.41) is 6.84. The molecule has 0 unspecified atom stereocenters. The first-order valence-electron chi connectivity index (χ1n) is 7.46. The van der Waals surface area contributed by atoms with Gasteiger partial charge in [0.1, 0.15) is 5.82 Å². The van der Waals surface area contributed by atoms with Crippen LogP contribution < -0.4 is 10.6 Å². The van der Waals surface area contributed by atoms with E-state index in [9.17, 15) is 4.79 Å². The first-order valence-corrected chi connectivity index (χ1v) is 8.22. The quantitative estimate of drug-likeness (QED) is 0.683. The van der Waals surface area contributed by atoms with E-state index >= 15 is 0 Å². The smallest absolute Gasteiger partial charge is 0.255 e. The zero-order valence-electron chi connectivity index (χ0n) is 13.0. The van der Waals surface area contributed by atoms with Crippen LogP contribution in [-0.4, -0.2) is 15.9 Å². The number of pyridine rings is 2. The number of carbonyl (C=O) groups excluding carboxylic acids is 1. The second-order valence-corrected chi connectivity index (χ2v) is 6.13. The molecular formula is C18H14Cl2N4O. The van der Waals surface area contributed by atoms with Gasteiger partial charge in [-0.1, -0.05) is 29.3 Å². The summed E-state index contributed by atoms with van der Waals surface area (Å²) in [5.41, 5.74) is 2.02. The lowest BCUT2D eigenvalue weighted by atomic mass is 10.2. The van der Waals surface area contributed by atoms with Gasteiger partial charge in [0.15, 0.2) is 0 Å². The van der Waals surface area contributed by atoms with Gasteiger partial charge in [0.25, 0.3) is 5.91 Å². The van der Waals surface area contributed by atoms with Gasteiger partial charge in [-0.05, 0) is 42.0 Å². The highest BCUT2D eigenvalue weighted by Gasteiger charge is 2.09. The Hall–Kier alpha value is -2.63. The Morgan fingerprint density at radius 2 is 1.84 bits per heavy atom. The number of amides is 1. The van der Waals surface area contributed by atoms with E-state index in [2.05, 4.69) is 20.6 Å². The summed E-state index contributed by atoms with van der Waals surface area (Å²) in [5.74, 6) is 0.325. The summed E-state index contributed by atoms with van der Waals surface area (Å²) >= 11 is 11.9. The molecule has 0 aliphatic rings. The van der Waals surface area contributed by atoms with Gasteiger partial charge >= 0.3 is 0 Å². The summed E-state index contributed by atoms with van der Waals surface area (Å²) in [4.78, 5) is 20.7. The predicted molar refractivity (Wildman–Crippen MR) is 100 cm³/mol. The molecule has 0 aliphatic heterocycles. The minimum atomic E-state index is -0.273. The number of anilines is 2. The first-order chi connectivity index (χ1) is 12.1. The van der Waals surface area contributed by atoms with Crippen LogP contribution in [0.4, 0.5) is 11.5 Å². The van der Waals surface area contributed by atoms with Gasteiger partial charge in [-0.25, -0.2) is 4.98 Å². The van der Waals surface area contributed by atoms with Gasteiger partial charge in [-0.3, -0.25) is 9.78 Å². The molecule has 0 saturated carbocycles. The summed E-state index contributed by atoms with van der Waals surface area (Å²) in [6.07, 6.45) is 5.06. The fourth-order valence-corrected chi connectivity index (χ4v) is 2.72. The van der Waals surface area contributed by atoms with E-state index in [1.807, 2.05) is 12.1 Å². The molecule has 3 rings (SSSR count). The van der Waals surface area contributed by atoms with Gasteiger partial charge < -0.3 is 10.6 Å². The third kappa shape index (κ3) is 4.92. The van der Waals surface area contributed by atoms with Crippen LogP contribution in [0.5, 0.6) is 0 Å². The average Bonchev–Trinajstić information content (AvgIpc) is 2.60. The van der Waals surface area contributed by atoms with E-state index in [0.717, 1.165) is 5.56 Å². The third-order valence-corrected chi connectivity index (χ3v) is 3.78. The van der Waals surface area contributed by atoms with Crippen molar-refractivity contribution < 1.29 is 4.79 Å². The number of hydrogen-bond donors (Lipinski definition) is 2. The molecule has 0 aliphatic carbocycles. The molecule has 3 aromatic rings. The van der Waals surface area contributed by atoms with Crippen molar-refractivity contribution >= 4 is 40.6 Å². The second kappa shape index (κ2) is 7.96. The van der Waals surface area contributed by atoms with Crippen LogP contribution in [0.1, 0.15) is 15.9 Å². The molecule has 0 saturated heterocycles.